The van der Waals surface area contributed by atoms with Gasteiger partial charge in [0.25, 0.3) is 0 Å². The molecule has 4 rings (SSSR count). The van der Waals surface area contributed by atoms with Gasteiger partial charge >= 0.3 is 0 Å². The van der Waals surface area contributed by atoms with E-state index < -0.39 is 0 Å². The Hall–Kier alpha value is -2.42. The molecule has 1 unspecified atom stereocenters. The molecule has 0 amide bonds. The Balaban J connectivity index is 1.60. The fourth-order valence-corrected chi connectivity index (χ4v) is 5.07. The molecule has 1 heterocycles. The van der Waals surface area contributed by atoms with Gasteiger partial charge in [-0.05, 0) is 56.5 Å². The fraction of sp³-hybridized carbons (Fsp3) is 0.379. The molecule has 0 saturated carbocycles. The monoisotopic (exact) mass is 413 g/mol. The van der Waals surface area contributed by atoms with E-state index in [9.17, 15) is 0 Å². The van der Waals surface area contributed by atoms with Gasteiger partial charge in [-0.15, -0.1) is 0 Å². The van der Waals surface area contributed by atoms with E-state index in [1.165, 1.54) is 47.1 Å². The lowest BCUT2D eigenvalue weighted by atomic mass is 9.84. The summed E-state index contributed by atoms with van der Waals surface area (Å²) in [4.78, 5) is 2.68. The third kappa shape index (κ3) is 5.84. The summed E-state index contributed by atoms with van der Waals surface area (Å²) in [6, 6.07) is 29.0. The van der Waals surface area contributed by atoms with E-state index in [0.29, 0.717) is 18.6 Å². The van der Waals surface area contributed by atoms with Crippen LogP contribution in [-0.4, -0.2) is 30.6 Å². The van der Waals surface area contributed by atoms with E-state index >= 15 is 0 Å². The number of piperidine rings is 1. The molecular formula is C29H35NO. The van der Waals surface area contributed by atoms with E-state index in [1.807, 2.05) is 0 Å². The van der Waals surface area contributed by atoms with E-state index in [1.54, 1.807) is 0 Å². The minimum atomic E-state index is 0.305. The minimum Gasteiger partial charge on any atom is -0.375 e. The lowest BCUT2D eigenvalue weighted by Crippen LogP contribution is -2.45. The maximum Gasteiger partial charge on any atom is 0.0717 e. The molecule has 0 N–H and O–H groups in total. The Kier molecular flexibility index (Phi) is 7.56. The van der Waals surface area contributed by atoms with Crippen molar-refractivity contribution >= 4 is 0 Å². The average molecular weight is 414 g/mol. The third-order valence-electron chi connectivity index (χ3n) is 6.40. The summed E-state index contributed by atoms with van der Waals surface area (Å²) in [7, 11) is 0. The zero-order valence-corrected chi connectivity index (χ0v) is 19.0. The first-order valence-electron chi connectivity index (χ1n) is 11.7. The third-order valence-corrected chi connectivity index (χ3v) is 6.40. The molecule has 162 valence electrons. The zero-order valence-electron chi connectivity index (χ0n) is 19.0. The van der Waals surface area contributed by atoms with Crippen LogP contribution in [-0.2, 0) is 11.3 Å². The molecule has 0 bridgehead atoms. The van der Waals surface area contributed by atoms with Crippen molar-refractivity contribution in [3.05, 3.63) is 107 Å². The van der Waals surface area contributed by atoms with Crippen molar-refractivity contribution < 1.29 is 4.74 Å². The van der Waals surface area contributed by atoms with Gasteiger partial charge < -0.3 is 4.74 Å². The number of aryl methyl sites for hydroxylation is 2. The second-order valence-electron chi connectivity index (χ2n) is 8.97. The second kappa shape index (κ2) is 10.7. The molecule has 0 radical (unpaired) electrons. The molecule has 31 heavy (non-hydrogen) atoms. The van der Waals surface area contributed by atoms with Gasteiger partial charge in [0, 0.05) is 12.0 Å². The van der Waals surface area contributed by atoms with Gasteiger partial charge in [-0.25, -0.2) is 0 Å². The number of likely N-dealkylation sites (tertiary alicyclic amines) is 1. The van der Waals surface area contributed by atoms with Crippen molar-refractivity contribution in [1.82, 2.24) is 4.90 Å². The van der Waals surface area contributed by atoms with Gasteiger partial charge in [0.1, 0.15) is 0 Å². The van der Waals surface area contributed by atoms with Crippen LogP contribution in [0.25, 0.3) is 0 Å². The smallest absolute Gasteiger partial charge is 0.0717 e. The van der Waals surface area contributed by atoms with Gasteiger partial charge in [-0.2, -0.15) is 0 Å². The normalized spacial score (nSPS) is 15.8. The Labute approximate surface area is 187 Å². The number of nitrogens with zero attached hydrogens (tertiary/aromatic N) is 1. The van der Waals surface area contributed by atoms with Gasteiger partial charge in [-0.3, -0.25) is 4.90 Å². The quantitative estimate of drug-likeness (QED) is 0.417. The molecule has 1 fully saturated rings. The zero-order chi connectivity index (χ0) is 21.5. The number of hydrogen-bond acceptors (Lipinski definition) is 2. The summed E-state index contributed by atoms with van der Waals surface area (Å²) < 4.78 is 6.43. The van der Waals surface area contributed by atoms with E-state index in [0.717, 1.165) is 19.7 Å². The molecule has 1 aliphatic heterocycles. The Morgan fingerprint density at radius 1 is 0.742 bits per heavy atom. The highest BCUT2D eigenvalue weighted by Crippen LogP contribution is 2.33. The molecule has 2 heteroatoms. The summed E-state index contributed by atoms with van der Waals surface area (Å²) in [5.41, 5.74) is 6.62. The standard InChI is InChI=1S/C29H35NO/c1-23-18-24(2)20-25(19-23)21-31-22-28(30-16-10-5-11-17-30)29(26-12-6-3-7-13-26)27-14-8-4-9-15-27/h3-4,6-9,12-15,18-20,28-29H,5,10-11,16-17,21-22H2,1-2H3. The largest absolute Gasteiger partial charge is 0.375 e. The first-order valence-corrected chi connectivity index (χ1v) is 11.7. The molecule has 0 aromatic heterocycles. The number of rotatable bonds is 8. The first-order chi connectivity index (χ1) is 15.2. The molecule has 3 aromatic rings. The number of ether oxygens (including phenoxy) is 1. The van der Waals surface area contributed by atoms with Crippen molar-refractivity contribution in [3.63, 3.8) is 0 Å². The molecule has 2 nitrogen and oxygen atoms in total. The van der Waals surface area contributed by atoms with Crippen LogP contribution in [0.15, 0.2) is 78.9 Å². The van der Waals surface area contributed by atoms with Crippen LogP contribution in [0.4, 0.5) is 0 Å². The molecule has 0 spiro atoms. The van der Waals surface area contributed by atoms with Crippen molar-refractivity contribution in [2.24, 2.45) is 0 Å². The molecular weight excluding hydrogens is 378 g/mol. The molecule has 1 aliphatic rings. The Morgan fingerprint density at radius 3 is 1.84 bits per heavy atom. The highest BCUT2D eigenvalue weighted by molar-refractivity contribution is 5.34. The van der Waals surface area contributed by atoms with Gasteiger partial charge in [0.05, 0.1) is 13.2 Å². The SMILES string of the molecule is Cc1cc(C)cc(COCC(C(c2ccccc2)c2ccccc2)N2CCCCC2)c1. The molecule has 1 saturated heterocycles. The van der Waals surface area contributed by atoms with Crippen molar-refractivity contribution in [1.29, 1.82) is 0 Å². The number of hydrogen-bond donors (Lipinski definition) is 0. The minimum absolute atomic E-state index is 0.305. The van der Waals surface area contributed by atoms with Crippen molar-refractivity contribution in [3.8, 4) is 0 Å². The van der Waals surface area contributed by atoms with Crippen LogP contribution in [0.3, 0.4) is 0 Å². The Bertz CT molecular complexity index is 872. The molecule has 3 aromatic carbocycles. The average Bonchev–Trinajstić information content (AvgIpc) is 2.80. The Morgan fingerprint density at radius 2 is 1.29 bits per heavy atom. The highest BCUT2D eigenvalue weighted by atomic mass is 16.5. The van der Waals surface area contributed by atoms with E-state index in [2.05, 4.69) is 97.6 Å². The maximum absolute atomic E-state index is 6.43. The summed E-state index contributed by atoms with van der Waals surface area (Å²) in [5, 5.41) is 0. The van der Waals surface area contributed by atoms with Crippen LogP contribution in [0.2, 0.25) is 0 Å². The second-order valence-corrected chi connectivity index (χ2v) is 8.97. The van der Waals surface area contributed by atoms with E-state index in [-0.39, 0.29) is 0 Å². The van der Waals surface area contributed by atoms with Gasteiger partial charge in [0.2, 0.25) is 0 Å². The lowest BCUT2D eigenvalue weighted by molar-refractivity contribution is 0.0351. The fourth-order valence-electron chi connectivity index (χ4n) is 5.07. The van der Waals surface area contributed by atoms with Gasteiger partial charge in [0.15, 0.2) is 0 Å². The predicted molar refractivity (Wildman–Crippen MR) is 130 cm³/mol. The summed E-state index contributed by atoms with van der Waals surface area (Å²) in [6.45, 7) is 8.05. The van der Waals surface area contributed by atoms with Gasteiger partial charge in [-0.1, -0.05) is 96.4 Å². The van der Waals surface area contributed by atoms with Crippen LogP contribution in [0, 0.1) is 13.8 Å². The van der Waals surface area contributed by atoms with Crippen LogP contribution >= 0.6 is 0 Å². The molecule has 0 aliphatic carbocycles. The lowest BCUT2D eigenvalue weighted by Gasteiger charge is -2.39. The number of benzene rings is 3. The van der Waals surface area contributed by atoms with Crippen molar-refractivity contribution in [2.45, 2.75) is 51.7 Å². The molecule has 1 atom stereocenters. The highest BCUT2D eigenvalue weighted by Gasteiger charge is 2.31. The predicted octanol–water partition coefficient (Wildman–Crippen LogP) is 6.51. The van der Waals surface area contributed by atoms with Crippen LogP contribution in [0.5, 0.6) is 0 Å². The first kappa shape index (κ1) is 21.8. The van der Waals surface area contributed by atoms with Crippen LogP contribution < -0.4 is 0 Å². The summed E-state index contributed by atoms with van der Waals surface area (Å²) in [5.74, 6) is 0.305. The van der Waals surface area contributed by atoms with E-state index in [4.69, 9.17) is 4.74 Å². The summed E-state index contributed by atoms with van der Waals surface area (Å²) in [6.07, 6.45) is 3.90. The van der Waals surface area contributed by atoms with Crippen molar-refractivity contribution in [2.75, 3.05) is 19.7 Å². The topological polar surface area (TPSA) is 12.5 Å². The summed E-state index contributed by atoms with van der Waals surface area (Å²) >= 11 is 0. The van der Waals surface area contributed by atoms with Crippen LogP contribution in [0.1, 0.15) is 53.0 Å². The maximum atomic E-state index is 6.43.